The number of amides is 2. The van der Waals surface area contributed by atoms with Crippen LogP contribution >= 0.6 is 11.6 Å². The van der Waals surface area contributed by atoms with Crippen molar-refractivity contribution in [3.8, 4) is 5.75 Å². The van der Waals surface area contributed by atoms with E-state index < -0.39 is 8.32 Å². The molecule has 2 aromatic rings. The van der Waals surface area contributed by atoms with Crippen LogP contribution < -0.4 is 9.74 Å². The van der Waals surface area contributed by atoms with E-state index in [1.165, 1.54) is 5.56 Å². The molecule has 1 aromatic heterocycles. The van der Waals surface area contributed by atoms with Crippen molar-refractivity contribution in [3.05, 3.63) is 53.2 Å². The number of benzene rings is 1. The highest BCUT2D eigenvalue weighted by Crippen LogP contribution is 2.37. The number of nitrogens with zero attached hydrogens (tertiary/aromatic N) is 2. The lowest BCUT2D eigenvalue weighted by molar-refractivity contribution is 0.194. The Kier molecular flexibility index (Phi) is 6.77. The van der Waals surface area contributed by atoms with Crippen LogP contribution in [0.5, 0.6) is 5.75 Å². The Hall–Kier alpha value is -2.05. The van der Waals surface area contributed by atoms with Gasteiger partial charge in [-0.05, 0) is 66.7 Å². The summed E-state index contributed by atoms with van der Waals surface area (Å²) in [6.45, 7) is 12.5. The number of rotatable bonds is 4. The molecule has 5 nitrogen and oxygen atoms in total. The second kappa shape index (κ2) is 8.98. The summed E-state index contributed by atoms with van der Waals surface area (Å²) in [6, 6.07) is 11.6. The van der Waals surface area contributed by atoms with E-state index in [0.717, 1.165) is 36.7 Å². The maximum atomic E-state index is 12.6. The van der Waals surface area contributed by atoms with Gasteiger partial charge in [-0.15, -0.1) is 0 Å². The Morgan fingerprint density at radius 1 is 1.20 bits per heavy atom. The summed E-state index contributed by atoms with van der Waals surface area (Å²) in [4.78, 5) is 18.9. The van der Waals surface area contributed by atoms with Gasteiger partial charge in [0, 0.05) is 18.1 Å². The van der Waals surface area contributed by atoms with Crippen molar-refractivity contribution in [2.45, 2.75) is 57.7 Å². The van der Waals surface area contributed by atoms with Crippen LogP contribution in [0.4, 0.5) is 10.6 Å². The van der Waals surface area contributed by atoms with Crippen molar-refractivity contribution in [1.82, 2.24) is 9.88 Å². The number of hydrogen-bond acceptors (Lipinski definition) is 3. The number of likely N-dealkylation sites (tertiary alicyclic amines) is 1. The highest BCUT2D eigenvalue weighted by atomic mass is 35.5. The van der Waals surface area contributed by atoms with Gasteiger partial charge in [0.2, 0.25) is 0 Å². The summed E-state index contributed by atoms with van der Waals surface area (Å²) in [5, 5.41) is 3.79. The highest BCUT2D eigenvalue weighted by Gasteiger charge is 2.39. The Balaban J connectivity index is 1.53. The molecular weight excluding hydrogens is 414 g/mol. The minimum absolute atomic E-state index is 0.106. The van der Waals surface area contributed by atoms with E-state index in [9.17, 15) is 4.79 Å². The van der Waals surface area contributed by atoms with Crippen LogP contribution in [0.2, 0.25) is 23.2 Å². The quantitative estimate of drug-likeness (QED) is 0.544. The van der Waals surface area contributed by atoms with Crippen molar-refractivity contribution < 1.29 is 9.22 Å². The lowest BCUT2D eigenvalue weighted by Gasteiger charge is -2.36. The van der Waals surface area contributed by atoms with Gasteiger partial charge in [-0.25, -0.2) is 9.78 Å². The fourth-order valence-corrected chi connectivity index (χ4v) is 4.54. The third-order valence-electron chi connectivity index (χ3n) is 6.25. The second-order valence-electron chi connectivity index (χ2n) is 9.49. The summed E-state index contributed by atoms with van der Waals surface area (Å²) in [5.74, 6) is 1.74. The number of pyridine rings is 1. The van der Waals surface area contributed by atoms with E-state index >= 15 is 0 Å². The molecule has 0 aliphatic carbocycles. The van der Waals surface area contributed by atoms with E-state index in [4.69, 9.17) is 16.0 Å². The van der Waals surface area contributed by atoms with Crippen molar-refractivity contribution in [2.75, 3.05) is 18.4 Å². The fourth-order valence-electron chi connectivity index (χ4n) is 3.33. The predicted molar refractivity (Wildman–Crippen MR) is 126 cm³/mol. The third-order valence-corrected chi connectivity index (χ3v) is 10.8. The number of aromatic nitrogens is 1. The molecule has 1 aromatic carbocycles. The Morgan fingerprint density at radius 2 is 1.90 bits per heavy atom. The zero-order valence-corrected chi connectivity index (χ0v) is 20.3. The lowest BCUT2D eigenvalue weighted by Crippen LogP contribution is -2.43. The molecule has 1 aliphatic heterocycles. The number of carbonyl (C=O) groups is 1. The van der Waals surface area contributed by atoms with Gasteiger partial charge in [0.15, 0.2) is 0 Å². The molecule has 0 atom stereocenters. The van der Waals surface area contributed by atoms with Crippen molar-refractivity contribution >= 4 is 31.8 Å². The molecule has 0 spiro atoms. The predicted octanol–water partition coefficient (Wildman–Crippen LogP) is 6.53. The van der Waals surface area contributed by atoms with Crippen LogP contribution in [-0.2, 0) is 0 Å². The van der Waals surface area contributed by atoms with E-state index in [1.54, 1.807) is 12.3 Å². The summed E-state index contributed by atoms with van der Waals surface area (Å²) in [5.41, 5.74) is 1.25. The zero-order chi connectivity index (χ0) is 21.9. The van der Waals surface area contributed by atoms with Crippen molar-refractivity contribution in [2.24, 2.45) is 0 Å². The maximum Gasteiger partial charge on any atom is 0.323 e. The summed E-state index contributed by atoms with van der Waals surface area (Å²) in [7, 11) is -1.90. The van der Waals surface area contributed by atoms with Crippen LogP contribution in [0.3, 0.4) is 0 Å². The molecule has 1 N–H and O–H groups in total. The number of anilines is 1. The number of nitrogens with one attached hydrogen (secondary N) is 1. The number of piperidine rings is 1. The number of halogens is 1. The first-order chi connectivity index (χ1) is 14.0. The van der Waals surface area contributed by atoms with Gasteiger partial charge < -0.3 is 9.33 Å². The van der Waals surface area contributed by atoms with Gasteiger partial charge in [0.1, 0.15) is 11.6 Å². The van der Waals surface area contributed by atoms with Gasteiger partial charge in [-0.1, -0.05) is 44.5 Å². The Morgan fingerprint density at radius 3 is 2.47 bits per heavy atom. The monoisotopic (exact) mass is 445 g/mol. The average Bonchev–Trinajstić information content (AvgIpc) is 2.68. The standard InChI is InChI=1S/C23H32ClN3O2Si/c1-23(2,3)30(4,5)29-20-9-10-21(25-16-20)26-22(28)27-13-11-17(12-14-27)18-7-6-8-19(24)15-18/h6-10,15-17H,11-14H2,1-5H3,(H,25,26,28). The minimum atomic E-state index is -1.90. The van der Waals surface area contributed by atoms with Gasteiger partial charge in [-0.3, -0.25) is 5.32 Å². The fraction of sp³-hybridized carbons (Fsp3) is 0.478. The Bertz CT molecular complexity index is 873. The zero-order valence-electron chi connectivity index (χ0n) is 18.5. The molecule has 2 amide bonds. The summed E-state index contributed by atoms with van der Waals surface area (Å²) >= 11 is 6.11. The van der Waals surface area contributed by atoms with E-state index in [0.29, 0.717) is 11.7 Å². The molecule has 162 valence electrons. The molecule has 1 fully saturated rings. The molecule has 7 heteroatoms. The molecule has 0 bridgehead atoms. The van der Waals surface area contributed by atoms with Gasteiger partial charge in [0.05, 0.1) is 6.20 Å². The molecule has 2 heterocycles. The van der Waals surface area contributed by atoms with Crippen LogP contribution in [0, 0.1) is 0 Å². The van der Waals surface area contributed by atoms with Crippen molar-refractivity contribution in [1.29, 1.82) is 0 Å². The minimum Gasteiger partial charge on any atom is -0.542 e. The van der Waals surface area contributed by atoms with Crippen LogP contribution in [0.1, 0.15) is 45.1 Å². The van der Waals surface area contributed by atoms with Gasteiger partial charge >= 0.3 is 6.03 Å². The highest BCUT2D eigenvalue weighted by molar-refractivity contribution is 6.74. The molecule has 1 aliphatic rings. The summed E-state index contributed by atoms with van der Waals surface area (Å²) in [6.07, 6.45) is 3.56. The van der Waals surface area contributed by atoms with Crippen LogP contribution in [0.25, 0.3) is 0 Å². The van der Waals surface area contributed by atoms with Gasteiger partial charge in [0.25, 0.3) is 8.32 Å². The molecule has 3 rings (SSSR count). The molecule has 0 radical (unpaired) electrons. The second-order valence-corrected chi connectivity index (χ2v) is 14.6. The van der Waals surface area contributed by atoms with Crippen LogP contribution in [-0.4, -0.2) is 37.3 Å². The Labute approximate surface area is 185 Å². The summed E-state index contributed by atoms with van der Waals surface area (Å²) < 4.78 is 6.25. The van der Waals surface area contributed by atoms with E-state index in [1.807, 2.05) is 29.2 Å². The average molecular weight is 446 g/mol. The van der Waals surface area contributed by atoms with Crippen LogP contribution in [0.15, 0.2) is 42.6 Å². The number of urea groups is 1. The first-order valence-corrected chi connectivity index (χ1v) is 13.8. The number of carbonyl (C=O) groups excluding carboxylic acids is 1. The topological polar surface area (TPSA) is 54.5 Å². The molecule has 0 unspecified atom stereocenters. The smallest absolute Gasteiger partial charge is 0.323 e. The maximum absolute atomic E-state index is 12.6. The number of hydrogen-bond donors (Lipinski definition) is 1. The molecule has 30 heavy (non-hydrogen) atoms. The first kappa shape index (κ1) is 22.6. The van der Waals surface area contributed by atoms with E-state index in [2.05, 4.69) is 50.2 Å². The molecular formula is C23H32ClN3O2Si. The first-order valence-electron chi connectivity index (χ1n) is 10.5. The van der Waals surface area contributed by atoms with Gasteiger partial charge in [-0.2, -0.15) is 0 Å². The molecule has 0 saturated carbocycles. The largest absolute Gasteiger partial charge is 0.542 e. The lowest BCUT2D eigenvalue weighted by atomic mass is 9.89. The van der Waals surface area contributed by atoms with Crippen molar-refractivity contribution in [3.63, 3.8) is 0 Å². The third kappa shape index (κ3) is 5.55. The SMILES string of the molecule is CC(C)(C)[Si](C)(C)Oc1ccc(NC(=O)N2CCC(c3cccc(Cl)c3)CC2)nc1. The normalized spacial score (nSPS) is 15.7. The molecule has 1 saturated heterocycles. The van der Waals surface area contributed by atoms with E-state index in [-0.39, 0.29) is 11.1 Å².